The standard InChI is InChI=1S/C28H21Cl2IN2O5S/c1-4-37-27(35)24-14(2)32-28-33(26(34)23(39-28)12-15-5-8-21(36-3)19(31)11-15)25(24)22-10-9-20(38-22)16-6-7-17(29)18(30)13-16/h5-13,25H,4H2,1-3H3/b23-12-/t25-/m1/s1. The fraction of sp³-hybridized carbons (Fsp3) is 0.179. The van der Waals surface area contributed by atoms with E-state index in [2.05, 4.69) is 27.6 Å². The van der Waals surface area contributed by atoms with Crippen LogP contribution in [0.5, 0.6) is 5.75 Å². The van der Waals surface area contributed by atoms with Crippen LogP contribution in [-0.4, -0.2) is 24.3 Å². The number of benzene rings is 2. The van der Waals surface area contributed by atoms with Crippen LogP contribution >= 0.6 is 57.1 Å². The second kappa shape index (κ2) is 11.3. The maximum atomic E-state index is 13.8. The first-order chi connectivity index (χ1) is 18.7. The number of hydrogen-bond donors (Lipinski definition) is 0. The third-order valence-corrected chi connectivity index (χ3v) is 8.66. The van der Waals surface area contributed by atoms with Crippen molar-refractivity contribution in [3.8, 4) is 17.1 Å². The van der Waals surface area contributed by atoms with Crippen molar-refractivity contribution in [3.63, 3.8) is 0 Å². The van der Waals surface area contributed by atoms with Gasteiger partial charge in [-0.25, -0.2) is 9.79 Å². The van der Waals surface area contributed by atoms with E-state index in [0.29, 0.717) is 42.2 Å². The minimum absolute atomic E-state index is 0.176. The van der Waals surface area contributed by atoms with Crippen molar-refractivity contribution in [3.05, 3.63) is 104 Å². The van der Waals surface area contributed by atoms with E-state index in [1.807, 2.05) is 18.2 Å². The van der Waals surface area contributed by atoms with Gasteiger partial charge in [-0.2, -0.15) is 0 Å². The van der Waals surface area contributed by atoms with Crippen LogP contribution in [0, 0.1) is 3.57 Å². The first-order valence-corrected chi connectivity index (χ1v) is 14.4. The molecule has 0 saturated heterocycles. The summed E-state index contributed by atoms with van der Waals surface area (Å²) in [6.07, 6.45) is 1.80. The Morgan fingerprint density at radius 1 is 1.18 bits per heavy atom. The number of hydrogen-bond acceptors (Lipinski definition) is 7. The van der Waals surface area contributed by atoms with Crippen LogP contribution in [0.25, 0.3) is 17.4 Å². The van der Waals surface area contributed by atoms with Crippen LogP contribution in [0.15, 0.2) is 74.0 Å². The van der Waals surface area contributed by atoms with Crippen LogP contribution in [-0.2, 0) is 9.53 Å². The summed E-state index contributed by atoms with van der Waals surface area (Å²) in [5.41, 5.74) is 1.94. The molecule has 0 fully saturated rings. The number of esters is 1. The van der Waals surface area contributed by atoms with Crippen molar-refractivity contribution in [2.24, 2.45) is 4.99 Å². The fourth-order valence-electron chi connectivity index (χ4n) is 4.29. The van der Waals surface area contributed by atoms with E-state index in [-0.39, 0.29) is 17.7 Å². The van der Waals surface area contributed by atoms with Crippen molar-refractivity contribution >= 4 is 69.2 Å². The number of carbonyl (C=O) groups is 1. The molecule has 7 nitrogen and oxygen atoms in total. The van der Waals surface area contributed by atoms with Crippen LogP contribution in [0.2, 0.25) is 10.0 Å². The number of allylic oxidation sites excluding steroid dienone is 1. The SMILES string of the molecule is CCOC(=O)C1=C(C)N=c2s/c(=C\c3ccc(OC)c(I)c3)c(=O)n2[C@@H]1c1ccc(-c2ccc(Cl)c(Cl)c2)o1. The van der Waals surface area contributed by atoms with Gasteiger partial charge in [-0.15, -0.1) is 0 Å². The predicted octanol–water partition coefficient (Wildman–Crippen LogP) is 5.98. The Morgan fingerprint density at radius 3 is 2.67 bits per heavy atom. The summed E-state index contributed by atoms with van der Waals surface area (Å²) >= 11 is 15.7. The summed E-state index contributed by atoms with van der Waals surface area (Å²) in [5.74, 6) is 1.09. The van der Waals surface area contributed by atoms with Crippen molar-refractivity contribution < 1.29 is 18.7 Å². The molecule has 0 spiro atoms. The molecule has 4 aromatic rings. The molecule has 2 aromatic carbocycles. The zero-order valence-electron chi connectivity index (χ0n) is 21.0. The van der Waals surface area contributed by atoms with E-state index in [1.54, 1.807) is 57.4 Å². The van der Waals surface area contributed by atoms with Crippen molar-refractivity contribution in [2.45, 2.75) is 19.9 Å². The van der Waals surface area contributed by atoms with Gasteiger partial charge in [-0.1, -0.05) is 40.6 Å². The number of furan rings is 1. The number of ether oxygens (including phenoxy) is 2. The highest BCUT2D eigenvalue weighted by atomic mass is 127. The molecular weight excluding hydrogens is 674 g/mol. The molecular formula is C28H21Cl2IN2O5S. The first kappa shape index (κ1) is 27.7. The van der Waals surface area contributed by atoms with Crippen LogP contribution < -0.4 is 19.6 Å². The maximum Gasteiger partial charge on any atom is 0.338 e. The van der Waals surface area contributed by atoms with Gasteiger partial charge in [0.25, 0.3) is 5.56 Å². The number of rotatable bonds is 6. The van der Waals surface area contributed by atoms with Crippen molar-refractivity contribution in [2.75, 3.05) is 13.7 Å². The van der Waals surface area contributed by atoms with Crippen LogP contribution in [0.1, 0.15) is 31.2 Å². The molecule has 1 aliphatic rings. The second-order valence-corrected chi connectivity index (χ2v) is 11.5. The lowest BCUT2D eigenvalue weighted by molar-refractivity contribution is -0.139. The topological polar surface area (TPSA) is 83.0 Å². The molecule has 11 heteroatoms. The minimum atomic E-state index is -0.866. The third kappa shape index (κ3) is 5.32. The Balaban J connectivity index is 1.67. The fourth-order valence-corrected chi connectivity index (χ4v) is 6.39. The smallest absolute Gasteiger partial charge is 0.338 e. The number of halogens is 3. The van der Waals surface area contributed by atoms with Gasteiger partial charge < -0.3 is 13.9 Å². The van der Waals surface area contributed by atoms with Gasteiger partial charge in [0.2, 0.25) is 0 Å². The molecule has 0 aliphatic carbocycles. The van der Waals surface area contributed by atoms with Crippen LogP contribution in [0.4, 0.5) is 0 Å². The van der Waals surface area contributed by atoms with Gasteiger partial charge in [-0.05, 0) is 90.5 Å². The summed E-state index contributed by atoms with van der Waals surface area (Å²) < 4.78 is 19.8. The molecule has 0 N–H and O–H groups in total. The number of methoxy groups -OCH3 is 1. The van der Waals surface area contributed by atoms with Gasteiger partial charge in [0.15, 0.2) is 4.80 Å². The highest BCUT2D eigenvalue weighted by molar-refractivity contribution is 14.1. The molecule has 5 rings (SSSR count). The molecule has 0 saturated carbocycles. The summed E-state index contributed by atoms with van der Waals surface area (Å²) in [4.78, 5) is 32.0. The van der Waals surface area contributed by atoms with Gasteiger partial charge in [-0.3, -0.25) is 9.36 Å². The molecule has 3 heterocycles. The Bertz CT molecular complexity index is 1820. The van der Waals surface area contributed by atoms with E-state index < -0.39 is 12.0 Å². The summed E-state index contributed by atoms with van der Waals surface area (Å²) in [7, 11) is 1.61. The molecule has 0 radical (unpaired) electrons. The molecule has 0 bridgehead atoms. The number of aromatic nitrogens is 1. The quantitative estimate of drug-likeness (QED) is 0.183. The molecule has 1 aliphatic heterocycles. The number of thiazole rings is 1. The van der Waals surface area contributed by atoms with Crippen molar-refractivity contribution in [1.29, 1.82) is 0 Å². The maximum absolute atomic E-state index is 13.8. The summed E-state index contributed by atoms with van der Waals surface area (Å²) in [6, 6.07) is 13.5. The molecule has 1 atom stereocenters. The van der Waals surface area contributed by atoms with Gasteiger partial charge in [0.1, 0.15) is 23.3 Å². The van der Waals surface area contributed by atoms with Gasteiger partial charge >= 0.3 is 5.97 Å². The zero-order valence-corrected chi connectivity index (χ0v) is 25.4. The predicted molar refractivity (Wildman–Crippen MR) is 160 cm³/mol. The average Bonchev–Trinajstić information content (AvgIpc) is 3.50. The van der Waals surface area contributed by atoms with Gasteiger partial charge in [0, 0.05) is 5.56 Å². The number of carbonyl (C=O) groups excluding carboxylic acids is 1. The van der Waals surface area contributed by atoms with E-state index in [1.165, 1.54) is 15.9 Å². The highest BCUT2D eigenvalue weighted by Gasteiger charge is 2.35. The first-order valence-electron chi connectivity index (χ1n) is 11.8. The Morgan fingerprint density at radius 2 is 1.97 bits per heavy atom. The Hall–Kier alpha value is -2.86. The van der Waals surface area contributed by atoms with E-state index in [0.717, 1.165) is 14.9 Å². The monoisotopic (exact) mass is 694 g/mol. The minimum Gasteiger partial charge on any atom is -0.496 e. The lowest BCUT2D eigenvalue weighted by Crippen LogP contribution is -2.39. The molecule has 39 heavy (non-hydrogen) atoms. The number of nitrogens with zero attached hydrogens (tertiary/aromatic N) is 2. The number of fused-ring (bicyclic) bond motifs is 1. The van der Waals surface area contributed by atoms with Crippen LogP contribution in [0.3, 0.4) is 0 Å². The lowest BCUT2D eigenvalue weighted by Gasteiger charge is -2.22. The molecule has 0 unspecified atom stereocenters. The lowest BCUT2D eigenvalue weighted by atomic mass is 10.0. The third-order valence-electron chi connectivity index (χ3n) is 6.09. The highest BCUT2D eigenvalue weighted by Crippen LogP contribution is 2.35. The average molecular weight is 695 g/mol. The summed E-state index contributed by atoms with van der Waals surface area (Å²) in [6.45, 7) is 3.63. The van der Waals surface area contributed by atoms with Gasteiger partial charge in [0.05, 0.1) is 43.1 Å². The molecule has 0 amide bonds. The van der Waals surface area contributed by atoms with E-state index >= 15 is 0 Å². The zero-order chi connectivity index (χ0) is 27.8. The molecule has 200 valence electrons. The summed E-state index contributed by atoms with van der Waals surface area (Å²) in [5, 5.41) is 0.810. The normalized spacial score (nSPS) is 15.2. The second-order valence-electron chi connectivity index (χ2n) is 8.53. The Labute approximate surface area is 251 Å². The van der Waals surface area contributed by atoms with Crippen molar-refractivity contribution in [1.82, 2.24) is 4.57 Å². The van der Waals surface area contributed by atoms with E-state index in [9.17, 15) is 9.59 Å². The van der Waals surface area contributed by atoms with E-state index in [4.69, 9.17) is 37.1 Å². The molecule has 2 aromatic heterocycles. The Kier molecular flexibility index (Phi) is 8.04. The largest absolute Gasteiger partial charge is 0.496 e.